The molecular weight excluding hydrogens is 450 g/mol. The molecule has 34 heavy (non-hydrogen) atoms. The Labute approximate surface area is 205 Å². The lowest BCUT2D eigenvalue weighted by Gasteiger charge is -2.36. The van der Waals surface area contributed by atoms with Crippen LogP contribution in [-0.2, 0) is 4.79 Å². The molecule has 1 aliphatic rings. The quantitative estimate of drug-likeness (QED) is 0.536. The van der Waals surface area contributed by atoms with Gasteiger partial charge < -0.3 is 19.9 Å². The van der Waals surface area contributed by atoms with E-state index in [1.165, 1.54) is 0 Å². The van der Waals surface area contributed by atoms with E-state index in [1.807, 2.05) is 59.5 Å². The second-order valence-corrected chi connectivity index (χ2v) is 9.15. The summed E-state index contributed by atoms with van der Waals surface area (Å²) in [5.74, 6) is 0.398. The molecule has 0 aliphatic carbocycles. The van der Waals surface area contributed by atoms with Gasteiger partial charge in [-0.05, 0) is 74.5 Å². The number of nitrogens with zero attached hydrogens (tertiary/aromatic N) is 2. The summed E-state index contributed by atoms with van der Waals surface area (Å²) in [5, 5.41) is 3.53. The number of carbonyl (C=O) groups excluding carboxylic acids is 2. The molecule has 1 aliphatic heterocycles. The number of benzene rings is 3. The molecule has 1 fully saturated rings. The molecule has 1 N–H and O–H groups in total. The van der Waals surface area contributed by atoms with E-state index in [1.54, 1.807) is 38.1 Å². The van der Waals surface area contributed by atoms with Crippen LogP contribution in [0.5, 0.6) is 5.75 Å². The fourth-order valence-corrected chi connectivity index (χ4v) is 3.94. The van der Waals surface area contributed by atoms with Crippen LogP contribution in [0.3, 0.4) is 0 Å². The van der Waals surface area contributed by atoms with Crippen LogP contribution in [0.15, 0.2) is 78.9 Å². The van der Waals surface area contributed by atoms with Gasteiger partial charge in [0.15, 0.2) is 5.60 Å². The number of rotatable bonds is 6. The molecule has 176 valence electrons. The Bertz CT molecular complexity index is 1120. The highest BCUT2D eigenvalue weighted by atomic mass is 35.5. The normalized spacial score (nSPS) is 14.0. The Morgan fingerprint density at radius 1 is 0.853 bits per heavy atom. The van der Waals surface area contributed by atoms with Crippen molar-refractivity contribution in [2.24, 2.45) is 0 Å². The summed E-state index contributed by atoms with van der Waals surface area (Å²) >= 11 is 5.91. The molecule has 0 saturated carbocycles. The lowest BCUT2D eigenvalue weighted by molar-refractivity contribution is -0.128. The van der Waals surface area contributed by atoms with E-state index in [-0.39, 0.29) is 11.8 Å². The molecule has 0 spiro atoms. The molecule has 0 radical (unpaired) electrons. The van der Waals surface area contributed by atoms with Crippen LogP contribution >= 0.6 is 11.6 Å². The Balaban J connectivity index is 1.31. The molecule has 6 nitrogen and oxygen atoms in total. The first-order valence-corrected chi connectivity index (χ1v) is 11.6. The maximum absolute atomic E-state index is 12.8. The maximum atomic E-state index is 12.8. The molecule has 7 heteroatoms. The number of carbonyl (C=O) groups is 2. The van der Waals surface area contributed by atoms with Gasteiger partial charge in [-0.1, -0.05) is 29.8 Å². The van der Waals surface area contributed by atoms with Crippen LogP contribution in [0.25, 0.3) is 0 Å². The number of hydrogen-bond donors (Lipinski definition) is 1. The van der Waals surface area contributed by atoms with E-state index < -0.39 is 5.60 Å². The van der Waals surface area contributed by atoms with Crippen molar-refractivity contribution < 1.29 is 14.3 Å². The summed E-state index contributed by atoms with van der Waals surface area (Å²) in [6.07, 6.45) is 0. The molecule has 0 atom stereocenters. The maximum Gasteiger partial charge on any atom is 0.267 e. The largest absolute Gasteiger partial charge is 0.478 e. The number of nitrogens with one attached hydrogen (secondary N) is 1. The summed E-state index contributed by atoms with van der Waals surface area (Å²) in [6.45, 7) is 6.30. The van der Waals surface area contributed by atoms with Gasteiger partial charge >= 0.3 is 0 Å². The standard InChI is InChI=1S/C27H28ClN3O3/c1-27(2,34-24-14-8-21(28)9-15-24)26(33)29-22-10-12-23(13-11-22)30-16-18-31(19-17-30)25(32)20-6-4-3-5-7-20/h3-15H,16-19H2,1-2H3,(H,29,33). The van der Waals surface area contributed by atoms with Crippen molar-refractivity contribution in [3.8, 4) is 5.75 Å². The first kappa shape index (κ1) is 23.6. The van der Waals surface area contributed by atoms with Crippen molar-refractivity contribution in [3.05, 3.63) is 89.4 Å². The zero-order valence-electron chi connectivity index (χ0n) is 19.3. The Morgan fingerprint density at radius 3 is 2.09 bits per heavy atom. The van der Waals surface area contributed by atoms with Crippen LogP contribution in [-0.4, -0.2) is 48.5 Å². The van der Waals surface area contributed by atoms with Gasteiger partial charge in [0.1, 0.15) is 5.75 Å². The fraction of sp³-hybridized carbons (Fsp3) is 0.259. The third kappa shape index (κ3) is 5.69. The molecule has 1 saturated heterocycles. The summed E-state index contributed by atoms with van der Waals surface area (Å²) in [4.78, 5) is 29.6. The van der Waals surface area contributed by atoms with Crippen LogP contribution < -0.4 is 15.0 Å². The van der Waals surface area contributed by atoms with Gasteiger partial charge in [0.25, 0.3) is 11.8 Å². The fourth-order valence-electron chi connectivity index (χ4n) is 3.81. The van der Waals surface area contributed by atoms with Crippen molar-refractivity contribution in [3.63, 3.8) is 0 Å². The van der Waals surface area contributed by atoms with Crippen molar-refractivity contribution in [2.45, 2.75) is 19.4 Å². The van der Waals surface area contributed by atoms with Gasteiger partial charge in [-0.3, -0.25) is 9.59 Å². The van der Waals surface area contributed by atoms with Crippen LogP contribution in [0, 0.1) is 0 Å². The van der Waals surface area contributed by atoms with E-state index >= 15 is 0 Å². The molecule has 0 bridgehead atoms. The summed E-state index contributed by atoms with van der Waals surface area (Å²) in [6, 6.07) is 24.0. The lowest BCUT2D eigenvalue weighted by atomic mass is 10.1. The Hall–Kier alpha value is -3.51. The highest BCUT2D eigenvalue weighted by Gasteiger charge is 2.30. The number of halogens is 1. The SMILES string of the molecule is CC(C)(Oc1ccc(Cl)cc1)C(=O)Nc1ccc(N2CCN(C(=O)c3ccccc3)CC2)cc1. The average molecular weight is 478 g/mol. The first-order valence-electron chi connectivity index (χ1n) is 11.3. The summed E-state index contributed by atoms with van der Waals surface area (Å²) < 4.78 is 5.86. The van der Waals surface area contributed by atoms with E-state index in [2.05, 4.69) is 10.2 Å². The summed E-state index contributed by atoms with van der Waals surface area (Å²) in [5.41, 5.74) is 1.41. The third-order valence-electron chi connectivity index (χ3n) is 5.81. The number of hydrogen-bond acceptors (Lipinski definition) is 4. The van der Waals surface area contributed by atoms with E-state index in [9.17, 15) is 9.59 Å². The minimum atomic E-state index is -1.06. The molecule has 4 rings (SSSR count). The molecule has 0 unspecified atom stereocenters. The highest BCUT2D eigenvalue weighted by molar-refractivity contribution is 6.30. The predicted octanol–water partition coefficient (Wildman–Crippen LogP) is 5.10. The third-order valence-corrected chi connectivity index (χ3v) is 6.06. The van der Waals surface area contributed by atoms with Crippen LogP contribution in [0.1, 0.15) is 24.2 Å². The molecule has 0 aromatic heterocycles. The smallest absolute Gasteiger partial charge is 0.267 e. The Morgan fingerprint density at radius 2 is 1.47 bits per heavy atom. The number of anilines is 2. The minimum Gasteiger partial charge on any atom is -0.478 e. The second kappa shape index (κ2) is 10.2. The predicted molar refractivity (Wildman–Crippen MR) is 136 cm³/mol. The molecule has 2 amide bonds. The van der Waals surface area contributed by atoms with Gasteiger partial charge in [0.05, 0.1) is 0 Å². The van der Waals surface area contributed by atoms with Gasteiger partial charge in [-0.25, -0.2) is 0 Å². The lowest BCUT2D eigenvalue weighted by Crippen LogP contribution is -2.48. The monoisotopic (exact) mass is 477 g/mol. The van der Waals surface area contributed by atoms with Gasteiger partial charge in [-0.2, -0.15) is 0 Å². The minimum absolute atomic E-state index is 0.0711. The summed E-state index contributed by atoms with van der Waals surface area (Å²) in [7, 11) is 0. The number of ether oxygens (including phenoxy) is 1. The number of amides is 2. The van der Waals surface area contributed by atoms with Crippen molar-refractivity contribution in [1.29, 1.82) is 0 Å². The zero-order chi connectivity index (χ0) is 24.1. The molecular formula is C27H28ClN3O3. The van der Waals surface area contributed by atoms with Gasteiger partial charge in [0.2, 0.25) is 0 Å². The average Bonchev–Trinajstić information content (AvgIpc) is 2.86. The van der Waals surface area contributed by atoms with Crippen LogP contribution in [0.2, 0.25) is 5.02 Å². The van der Waals surface area contributed by atoms with Gasteiger partial charge in [0, 0.05) is 48.1 Å². The molecule has 3 aromatic rings. The van der Waals surface area contributed by atoms with Gasteiger partial charge in [-0.15, -0.1) is 0 Å². The van der Waals surface area contributed by atoms with E-state index in [0.29, 0.717) is 29.5 Å². The van der Waals surface area contributed by atoms with Crippen molar-refractivity contribution >= 4 is 34.8 Å². The molecule has 3 aromatic carbocycles. The molecule has 1 heterocycles. The van der Waals surface area contributed by atoms with E-state index in [4.69, 9.17) is 16.3 Å². The van der Waals surface area contributed by atoms with Crippen LogP contribution in [0.4, 0.5) is 11.4 Å². The van der Waals surface area contributed by atoms with E-state index in [0.717, 1.165) is 24.3 Å². The zero-order valence-corrected chi connectivity index (χ0v) is 20.1. The highest BCUT2D eigenvalue weighted by Crippen LogP contribution is 2.24. The topological polar surface area (TPSA) is 61.9 Å². The van der Waals surface area contributed by atoms with Crippen molar-refractivity contribution in [1.82, 2.24) is 4.90 Å². The number of piperazine rings is 1. The van der Waals surface area contributed by atoms with Crippen molar-refractivity contribution in [2.75, 3.05) is 36.4 Å². The Kier molecular flexibility index (Phi) is 7.08. The first-order chi connectivity index (χ1) is 16.3. The second-order valence-electron chi connectivity index (χ2n) is 8.71.